The summed E-state index contributed by atoms with van der Waals surface area (Å²) in [6, 6.07) is 4.41. The lowest BCUT2D eigenvalue weighted by atomic mass is 9.91. The molecule has 0 radical (unpaired) electrons. The van der Waals surface area contributed by atoms with Crippen LogP contribution in [0.2, 0.25) is 5.02 Å². The predicted octanol–water partition coefficient (Wildman–Crippen LogP) is 3.49. The molecule has 0 amide bonds. The number of alkyl halides is 1. The van der Waals surface area contributed by atoms with Crippen LogP contribution in [0.25, 0.3) is 0 Å². The van der Waals surface area contributed by atoms with Gasteiger partial charge < -0.3 is 4.90 Å². The molecule has 15 heavy (non-hydrogen) atoms. The average Bonchev–Trinajstić information content (AvgIpc) is 2.15. The minimum Gasteiger partial charge on any atom is -0.352 e. The normalized spacial score (nSPS) is 16.1. The van der Waals surface area contributed by atoms with Crippen LogP contribution in [0, 0.1) is 0 Å². The van der Waals surface area contributed by atoms with E-state index in [1.54, 1.807) is 6.20 Å². The molecule has 1 aromatic heterocycles. The van der Waals surface area contributed by atoms with Gasteiger partial charge in [-0.15, -0.1) is 0 Å². The van der Waals surface area contributed by atoms with Crippen molar-refractivity contribution in [3.63, 3.8) is 0 Å². The number of nitrogens with zero attached hydrogens (tertiary/aromatic N) is 2. The van der Waals surface area contributed by atoms with E-state index >= 15 is 0 Å². The average molecular weight is 290 g/mol. The minimum atomic E-state index is 0.634. The van der Waals surface area contributed by atoms with E-state index in [-0.39, 0.29) is 0 Å². The molecule has 0 bridgehead atoms. The minimum absolute atomic E-state index is 0.634. The van der Waals surface area contributed by atoms with Gasteiger partial charge in [0.25, 0.3) is 0 Å². The van der Waals surface area contributed by atoms with Crippen molar-refractivity contribution in [3.05, 3.63) is 23.4 Å². The lowest BCUT2D eigenvalue weighted by molar-refractivity contribution is 0.389. The van der Waals surface area contributed by atoms with Gasteiger partial charge in [0, 0.05) is 24.1 Å². The molecule has 0 aliphatic heterocycles. The maximum absolute atomic E-state index is 6.16. The molecule has 82 valence electrons. The summed E-state index contributed by atoms with van der Waals surface area (Å²) in [6.07, 6.45) is 5.66. The summed E-state index contributed by atoms with van der Waals surface area (Å²) in [6.45, 7) is 0.974. The van der Waals surface area contributed by atoms with E-state index < -0.39 is 0 Å². The topological polar surface area (TPSA) is 16.1 Å². The summed E-state index contributed by atoms with van der Waals surface area (Å²) in [5.41, 5.74) is 0. The van der Waals surface area contributed by atoms with Crippen LogP contribution in [0.1, 0.15) is 19.3 Å². The molecule has 1 aliphatic rings. The number of aromatic nitrogens is 1. The first-order valence-electron chi connectivity index (χ1n) is 5.26. The Hall–Kier alpha value is -0.280. The van der Waals surface area contributed by atoms with E-state index in [1.165, 1.54) is 19.3 Å². The van der Waals surface area contributed by atoms with Gasteiger partial charge in [0.05, 0.1) is 5.02 Å². The SMILES string of the molecule is Clc1cccnc1N(CCBr)C1CCC1. The van der Waals surface area contributed by atoms with Crippen LogP contribution < -0.4 is 4.90 Å². The largest absolute Gasteiger partial charge is 0.352 e. The fraction of sp³-hybridized carbons (Fsp3) is 0.545. The van der Waals surface area contributed by atoms with Crippen molar-refractivity contribution in [1.29, 1.82) is 0 Å². The number of rotatable bonds is 4. The van der Waals surface area contributed by atoms with E-state index in [0.717, 1.165) is 22.7 Å². The molecule has 1 aromatic rings. The third kappa shape index (κ3) is 2.45. The van der Waals surface area contributed by atoms with Gasteiger partial charge in [-0.2, -0.15) is 0 Å². The van der Waals surface area contributed by atoms with Crippen molar-refractivity contribution in [2.24, 2.45) is 0 Å². The molecule has 2 nitrogen and oxygen atoms in total. The number of hydrogen-bond donors (Lipinski definition) is 0. The highest BCUT2D eigenvalue weighted by atomic mass is 79.9. The first kappa shape index (κ1) is 11.2. The summed E-state index contributed by atoms with van der Waals surface area (Å²) in [7, 11) is 0. The Morgan fingerprint density at radius 3 is 2.87 bits per heavy atom. The van der Waals surface area contributed by atoms with Crippen molar-refractivity contribution >= 4 is 33.3 Å². The Labute approximate surface area is 104 Å². The summed E-state index contributed by atoms with van der Waals surface area (Å²) >= 11 is 9.64. The fourth-order valence-corrected chi connectivity index (χ4v) is 2.45. The zero-order chi connectivity index (χ0) is 10.7. The monoisotopic (exact) mass is 288 g/mol. The second-order valence-electron chi connectivity index (χ2n) is 3.78. The smallest absolute Gasteiger partial charge is 0.147 e. The molecule has 2 rings (SSSR count). The zero-order valence-electron chi connectivity index (χ0n) is 8.50. The van der Waals surface area contributed by atoms with Gasteiger partial charge in [-0.05, 0) is 31.4 Å². The zero-order valence-corrected chi connectivity index (χ0v) is 10.8. The quantitative estimate of drug-likeness (QED) is 0.789. The van der Waals surface area contributed by atoms with Crippen molar-refractivity contribution in [1.82, 2.24) is 4.98 Å². The fourth-order valence-electron chi connectivity index (χ4n) is 1.84. The molecule has 0 saturated heterocycles. The van der Waals surface area contributed by atoms with Crippen LogP contribution in [0.15, 0.2) is 18.3 Å². The molecule has 1 aliphatic carbocycles. The first-order chi connectivity index (χ1) is 7.33. The maximum Gasteiger partial charge on any atom is 0.147 e. The number of hydrogen-bond acceptors (Lipinski definition) is 2. The van der Waals surface area contributed by atoms with Crippen LogP contribution in [0.4, 0.5) is 5.82 Å². The van der Waals surface area contributed by atoms with Crippen LogP contribution in [-0.2, 0) is 0 Å². The van der Waals surface area contributed by atoms with Crippen LogP contribution in [-0.4, -0.2) is 22.9 Å². The van der Waals surface area contributed by atoms with Gasteiger partial charge in [0.15, 0.2) is 0 Å². The predicted molar refractivity (Wildman–Crippen MR) is 68.0 cm³/mol. The van der Waals surface area contributed by atoms with E-state index in [2.05, 4.69) is 25.8 Å². The Bertz CT molecular complexity index is 328. The van der Waals surface area contributed by atoms with Crippen molar-refractivity contribution < 1.29 is 0 Å². The molecule has 0 spiro atoms. The summed E-state index contributed by atoms with van der Waals surface area (Å²) in [5, 5.41) is 1.71. The second kappa shape index (κ2) is 5.17. The summed E-state index contributed by atoms with van der Waals surface area (Å²) in [4.78, 5) is 6.69. The number of halogens is 2. The third-order valence-electron chi connectivity index (χ3n) is 2.85. The van der Waals surface area contributed by atoms with E-state index in [1.807, 2.05) is 12.1 Å². The molecule has 0 unspecified atom stereocenters. The first-order valence-corrected chi connectivity index (χ1v) is 6.76. The summed E-state index contributed by atoms with van der Waals surface area (Å²) in [5.74, 6) is 0.934. The Morgan fingerprint density at radius 2 is 2.33 bits per heavy atom. The molecular formula is C11H14BrClN2. The van der Waals surface area contributed by atoms with E-state index in [4.69, 9.17) is 11.6 Å². The summed E-state index contributed by atoms with van der Waals surface area (Å²) < 4.78 is 0. The van der Waals surface area contributed by atoms with Gasteiger partial charge >= 0.3 is 0 Å². The highest BCUT2D eigenvalue weighted by Crippen LogP contribution is 2.32. The van der Waals surface area contributed by atoms with Gasteiger partial charge in [0.1, 0.15) is 5.82 Å². The molecule has 1 heterocycles. The second-order valence-corrected chi connectivity index (χ2v) is 4.98. The maximum atomic E-state index is 6.16. The van der Waals surface area contributed by atoms with Crippen LogP contribution in [0.3, 0.4) is 0 Å². The van der Waals surface area contributed by atoms with Crippen LogP contribution >= 0.6 is 27.5 Å². The Morgan fingerprint density at radius 1 is 1.53 bits per heavy atom. The molecule has 1 fully saturated rings. The number of anilines is 1. The molecule has 0 aromatic carbocycles. The van der Waals surface area contributed by atoms with Gasteiger partial charge in [-0.25, -0.2) is 4.98 Å². The molecule has 0 atom stereocenters. The molecule has 4 heteroatoms. The molecule has 1 saturated carbocycles. The van der Waals surface area contributed by atoms with Crippen molar-refractivity contribution in [2.75, 3.05) is 16.8 Å². The lowest BCUT2D eigenvalue weighted by Gasteiger charge is -2.38. The Kier molecular flexibility index (Phi) is 3.87. The standard InChI is InChI=1S/C11H14BrClN2/c12-6-8-15(9-3-1-4-9)11-10(13)5-2-7-14-11/h2,5,7,9H,1,3-4,6,8H2. The van der Waals surface area contributed by atoms with Gasteiger partial charge in [0.2, 0.25) is 0 Å². The van der Waals surface area contributed by atoms with E-state index in [9.17, 15) is 0 Å². The van der Waals surface area contributed by atoms with Gasteiger partial charge in [-0.3, -0.25) is 0 Å². The van der Waals surface area contributed by atoms with E-state index in [0.29, 0.717) is 6.04 Å². The Balaban J connectivity index is 2.19. The number of pyridine rings is 1. The van der Waals surface area contributed by atoms with Gasteiger partial charge in [-0.1, -0.05) is 27.5 Å². The third-order valence-corrected chi connectivity index (χ3v) is 3.50. The molecular weight excluding hydrogens is 275 g/mol. The molecule has 0 N–H and O–H groups in total. The van der Waals surface area contributed by atoms with Crippen molar-refractivity contribution in [3.8, 4) is 0 Å². The van der Waals surface area contributed by atoms with Crippen LogP contribution in [0.5, 0.6) is 0 Å². The highest BCUT2D eigenvalue weighted by Gasteiger charge is 2.26. The highest BCUT2D eigenvalue weighted by molar-refractivity contribution is 9.09. The van der Waals surface area contributed by atoms with Crippen molar-refractivity contribution in [2.45, 2.75) is 25.3 Å². The lowest BCUT2D eigenvalue weighted by Crippen LogP contribution is -2.42.